The Bertz CT molecular complexity index is 901. The van der Waals surface area contributed by atoms with E-state index in [0.717, 1.165) is 16.8 Å². The fourth-order valence-electron chi connectivity index (χ4n) is 2.89. The summed E-state index contributed by atoms with van der Waals surface area (Å²) in [4.78, 5) is 28.4. The van der Waals surface area contributed by atoms with E-state index in [4.69, 9.17) is 15.2 Å². The van der Waals surface area contributed by atoms with E-state index in [0.29, 0.717) is 22.1 Å². The smallest absolute Gasteiger partial charge is 0.251 e. The fraction of sp³-hybridized carbons (Fsp3) is 0.316. The van der Waals surface area contributed by atoms with Crippen LogP contribution in [0.25, 0.3) is 0 Å². The van der Waals surface area contributed by atoms with Crippen molar-refractivity contribution in [3.05, 3.63) is 46.6 Å². The zero-order valence-corrected chi connectivity index (χ0v) is 16.2. The van der Waals surface area contributed by atoms with Crippen LogP contribution in [-0.2, 0) is 4.79 Å². The Morgan fingerprint density at radius 1 is 1.26 bits per heavy atom. The van der Waals surface area contributed by atoms with Gasteiger partial charge in [-0.05, 0) is 50.1 Å². The second-order valence-corrected chi connectivity index (χ2v) is 7.28. The number of pyridine rings is 1. The fourth-order valence-corrected chi connectivity index (χ4v) is 3.86. The van der Waals surface area contributed by atoms with E-state index in [9.17, 15) is 9.59 Å². The predicted molar refractivity (Wildman–Crippen MR) is 102 cm³/mol. The number of fused-ring (bicyclic) bond motifs is 1. The Morgan fingerprint density at radius 2 is 2.00 bits per heavy atom. The highest BCUT2D eigenvalue weighted by Gasteiger charge is 2.19. The molecule has 1 atom stereocenters. The van der Waals surface area contributed by atoms with Gasteiger partial charge in [-0.2, -0.15) is 0 Å². The summed E-state index contributed by atoms with van der Waals surface area (Å²) in [6, 6.07) is 7.18. The summed E-state index contributed by atoms with van der Waals surface area (Å²) in [5.74, 6) is 0.796. The zero-order valence-electron chi connectivity index (χ0n) is 15.4. The molecular formula is C19H21N3O4S. The predicted octanol–water partition coefficient (Wildman–Crippen LogP) is 2.50. The maximum absolute atomic E-state index is 12.4. The van der Waals surface area contributed by atoms with Gasteiger partial charge >= 0.3 is 0 Å². The van der Waals surface area contributed by atoms with Crippen LogP contribution in [0.4, 0.5) is 0 Å². The zero-order chi connectivity index (χ0) is 19.6. The second-order valence-electron chi connectivity index (χ2n) is 6.32. The first-order chi connectivity index (χ1) is 12.8. The van der Waals surface area contributed by atoms with E-state index in [-0.39, 0.29) is 24.5 Å². The molecule has 142 valence electrons. The average Bonchev–Trinajstić information content (AvgIpc) is 3.06. The first-order valence-electron chi connectivity index (χ1n) is 8.45. The standard InChI is InChI=1S/C19H21N3O4S/c1-10-6-11(2)21-19(17(10)18(20)24)27-8-16(23)22-12(3)13-4-5-14-15(7-13)26-9-25-14/h4-7,12H,8-9H2,1-3H3,(H2,20,24)(H,22,23). The summed E-state index contributed by atoms with van der Waals surface area (Å²) in [5, 5.41) is 3.41. The van der Waals surface area contributed by atoms with E-state index in [2.05, 4.69) is 10.3 Å². The number of nitrogens with zero attached hydrogens (tertiary/aromatic N) is 1. The summed E-state index contributed by atoms with van der Waals surface area (Å²) in [7, 11) is 0. The largest absolute Gasteiger partial charge is 0.454 e. The van der Waals surface area contributed by atoms with Crippen molar-refractivity contribution in [2.45, 2.75) is 31.8 Å². The SMILES string of the molecule is Cc1cc(C)c(C(N)=O)c(SCC(=O)NC(C)c2ccc3c(c2)OCO3)n1. The Balaban J connectivity index is 1.64. The minimum Gasteiger partial charge on any atom is -0.454 e. The van der Waals surface area contributed by atoms with Crippen molar-refractivity contribution in [1.29, 1.82) is 0 Å². The Kier molecular flexibility index (Phi) is 5.55. The van der Waals surface area contributed by atoms with Crippen LogP contribution in [0.2, 0.25) is 0 Å². The number of thioether (sulfide) groups is 1. The van der Waals surface area contributed by atoms with Crippen molar-refractivity contribution >= 4 is 23.6 Å². The third-order valence-electron chi connectivity index (χ3n) is 4.17. The number of benzene rings is 1. The molecule has 2 heterocycles. The van der Waals surface area contributed by atoms with Crippen LogP contribution < -0.4 is 20.5 Å². The molecule has 8 heteroatoms. The normalized spacial score (nSPS) is 13.3. The number of rotatable bonds is 6. The Morgan fingerprint density at radius 3 is 2.74 bits per heavy atom. The number of amides is 2. The number of aromatic nitrogens is 1. The molecule has 0 bridgehead atoms. The Labute approximate surface area is 161 Å². The monoisotopic (exact) mass is 387 g/mol. The van der Waals surface area contributed by atoms with Gasteiger partial charge in [0.1, 0.15) is 5.03 Å². The van der Waals surface area contributed by atoms with Crippen molar-refractivity contribution in [3.63, 3.8) is 0 Å². The van der Waals surface area contributed by atoms with Gasteiger partial charge in [-0.1, -0.05) is 17.8 Å². The van der Waals surface area contributed by atoms with Crippen molar-refractivity contribution in [2.24, 2.45) is 5.73 Å². The van der Waals surface area contributed by atoms with Crippen LogP contribution in [0.15, 0.2) is 29.3 Å². The summed E-state index contributed by atoms with van der Waals surface area (Å²) in [6.07, 6.45) is 0. The number of primary amides is 1. The number of ether oxygens (including phenoxy) is 2. The molecule has 1 aliphatic heterocycles. The molecule has 3 rings (SSSR count). The lowest BCUT2D eigenvalue weighted by Crippen LogP contribution is -2.28. The molecule has 0 aliphatic carbocycles. The van der Waals surface area contributed by atoms with Gasteiger partial charge in [-0.15, -0.1) is 0 Å². The van der Waals surface area contributed by atoms with E-state index < -0.39 is 5.91 Å². The molecule has 3 N–H and O–H groups in total. The third-order valence-corrected chi connectivity index (χ3v) is 5.15. The first-order valence-corrected chi connectivity index (χ1v) is 9.43. The molecule has 2 aromatic rings. The molecular weight excluding hydrogens is 366 g/mol. The van der Waals surface area contributed by atoms with E-state index >= 15 is 0 Å². The van der Waals surface area contributed by atoms with Gasteiger partial charge in [0.25, 0.3) is 5.91 Å². The molecule has 1 aromatic carbocycles. The molecule has 0 saturated carbocycles. The van der Waals surface area contributed by atoms with Gasteiger partial charge in [0.15, 0.2) is 11.5 Å². The van der Waals surface area contributed by atoms with Crippen molar-refractivity contribution in [2.75, 3.05) is 12.5 Å². The molecule has 0 saturated heterocycles. The number of hydrogen-bond donors (Lipinski definition) is 2. The van der Waals surface area contributed by atoms with Crippen molar-refractivity contribution < 1.29 is 19.1 Å². The van der Waals surface area contributed by atoms with Crippen LogP contribution in [0.3, 0.4) is 0 Å². The highest BCUT2D eigenvalue weighted by molar-refractivity contribution is 8.00. The molecule has 0 spiro atoms. The molecule has 0 fully saturated rings. The maximum atomic E-state index is 12.4. The number of nitrogens with two attached hydrogens (primary N) is 1. The van der Waals surface area contributed by atoms with E-state index in [1.54, 1.807) is 13.0 Å². The van der Waals surface area contributed by atoms with Gasteiger partial charge in [-0.25, -0.2) is 4.98 Å². The van der Waals surface area contributed by atoms with Crippen LogP contribution in [-0.4, -0.2) is 29.3 Å². The summed E-state index contributed by atoms with van der Waals surface area (Å²) in [6.45, 7) is 5.75. The van der Waals surface area contributed by atoms with Crippen LogP contribution in [0.1, 0.15) is 40.1 Å². The minimum atomic E-state index is -0.545. The van der Waals surface area contributed by atoms with Gasteiger partial charge in [0, 0.05) is 5.69 Å². The number of hydrogen-bond acceptors (Lipinski definition) is 6. The first kappa shape index (κ1) is 19.0. The second kappa shape index (κ2) is 7.87. The van der Waals surface area contributed by atoms with E-state index in [1.165, 1.54) is 11.8 Å². The summed E-state index contributed by atoms with van der Waals surface area (Å²) >= 11 is 1.20. The molecule has 1 aliphatic rings. The number of carbonyl (C=O) groups is 2. The number of carbonyl (C=O) groups excluding carboxylic acids is 2. The quantitative estimate of drug-likeness (QED) is 0.738. The minimum absolute atomic E-state index is 0.130. The van der Waals surface area contributed by atoms with Gasteiger partial charge in [-0.3, -0.25) is 9.59 Å². The lowest BCUT2D eigenvalue weighted by molar-refractivity contribution is -0.119. The van der Waals surface area contributed by atoms with Crippen LogP contribution in [0, 0.1) is 13.8 Å². The molecule has 1 aromatic heterocycles. The molecule has 0 radical (unpaired) electrons. The van der Waals surface area contributed by atoms with Gasteiger partial charge in [0.2, 0.25) is 12.7 Å². The maximum Gasteiger partial charge on any atom is 0.251 e. The van der Waals surface area contributed by atoms with Crippen molar-refractivity contribution in [1.82, 2.24) is 10.3 Å². The number of aryl methyl sites for hydroxylation is 2. The topological polar surface area (TPSA) is 104 Å². The van der Waals surface area contributed by atoms with Gasteiger partial charge < -0.3 is 20.5 Å². The van der Waals surface area contributed by atoms with E-state index in [1.807, 2.05) is 32.0 Å². The van der Waals surface area contributed by atoms with Gasteiger partial charge in [0.05, 0.1) is 17.4 Å². The Hall–Kier alpha value is -2.74. The van der Waals surface area contributed by atoms with Crippen molar-refractivity contribution in [3.8, 4) is 11.5 Å². The third kappa shape index (κ3) is 4.33. The number of nitrogens with one attached hydrogen (secondary N) is 1. The summed E-state index contributed by atoms with van der Waals surface area (Å²) < 4.78 is 10.7. The average molecular weight is 387 g/mol. The van der Waals surface area contributed by atoms with Crippen LogP contribution >= 0.6 is 11.8 Å². The molecule has 7 nitrogen and oxygen atoms in total. The molecule has 2 amide bonds. The lowest BCUT2D eigenvalue weighted by atomic mass is 10.1. The summed E-state index contributed by atoms with van der Waals surface area (Å²) in [5.41, 5.74) is 8.27. The lowest BCUT2D eigenvalue weighted by Gasteiger charge is -2.15. The molecule has 1 unspecified atom stereocenters. The molecule has 27 heavy (non-hydrogen) atoms. The van der Waals surface area contributed by atoms with Crippen LogP contribution in [0.5, 0.6) is 11.5 Å². The highest BCUT2D eigenvalue weighted by atomic mass is 32.2. The highest BCUT2D eigenvalue weighted by Crippen LogP contribution is 2.34.